The molecule has 0 unspecified atom stereocenters. The quantitative estimate of drug-likeness (QED) is 0.583. The van der Waals surface area contributed by atoms with Crippen LogP contribution in [0.5, 0.6) is 5.75 Å². The van der Waals surface area contributed by atoms with E-state index in [0.717, 1.165) is 0 Å². The van der Waals surface area contributed by atoms with Gasteiger partial charge in [0.15, 0.2) is 0 Å². The zero-order chi connectivity index (χ0) is 9.30. The first-order valence-electron chi connectivity index (χ1n) is 3.07. The Morgan fingerprint density at radius 3 is 2.17 bits per heavy atom. The maximum absolute atomic E-state index is 9.12. The normalized spacial score (nSPS) is 10.0. The van der Waals surface area contributed by atoms with E-state index in [-0.39, 0.29) is 21.3 Å². The Balaban J connectivity index is 3.33. The molecule has 0 aromatic heterocycles. The Morgan fingerprint density at radius 2 is 1.75 bits per heavy atom. The Hall–Kier alpha value is -0.415. The molecule has 0 saturated heterocycles. The van der Waals surface area contributed by atoms with E-state index < -0.39 is 7.12 Å². The van der Waals surface area contributed by atoms with Crippen LogP contribution < -0.4 is 5.46 Å². The van der Waals surface area contributed by atoms with Crippen molar-refractivity contribution in [2.24, 2.45) is 0 Å². The summed E-state index contributed by atoms with van der Waals surface area (Å²) < 4.78 is 0. The van der Waals surface area contributed by atoms with Gasteiger partial charge in [0.05, 0.1) is 10.0 Å². The second-order valence-electron chi connectivity index (χ2n) is 2.17. The van der Waals surface area contributed by atoms with E-state index in [9.17, 15) is 0 Å². The minimum absolute atomic E-state index is 0.0494. The van der Waals surface area contributed by atoms with Gasteiger partial charge in [-0.1, -0.05) is 23.2 Å². The van der Waals surface area contributed by atoms with Crippen LogP contribution in [-0.2, 0) is 0 Å². The highest BCUT2D eigenvalue weighted by Gasteiger charge is 2.21. The number of phenolic OH excluding ortho intramolecular Hbond substituents is 1. The molecule has 6 heteroatoms. The summed E-state index contributed by atoms with van der Waals surface area (Å²) in [5.74, 6) is -0.292. The van der Waals surface area contributed by atoms with Crippen LogP contribution in [0.1, 0.15) is 0 Å². The molecule has 12 heavy (non-hydrogen) atoms. The molecule has 0 aliphatic heterocycles. The van der Waals surface area contributed by atoms with Crippen molar-refractivity contribution in [1.82, 2.24) is 0 Å². The van der Waals surface area contributed by atoms with E-state index in [4.69, 9.17) is 38.4 Å². The molecule has 0 heterocycles. The van der Waals surface area contributed by atoms with Crippen LogP contribution in [0.4, 0.5) is 0 Å². The third-order valence-electron chi connectivity index (χ3n) is 1.37. The fourth-order valence-electron chi connectivity index (χ4n) is 0.802. The van der Waals surface area contributed by atoms with Crippen molar-refractivity contribution in [1.29, 1.82) is 0 Å². The zero-order valence-electron chi connectivity index (χ0n) is 5.83. The molecular weight excluding hydrogens is 202 g/mol. The van der Waals surface area contributed by atoms with Gasteiger partial charge in [-0.15, -0.1) is 0 Å². The SMILES string of the molecule is OB(O)c1c(O)ccc(Cl)c1Cl. The number of halogens is 2. The molecule has 0 radical (unpaired) electrons. The average Bonchev–Trinajstić information content (AvgIpc) is 1.97. The van der Waals surface area contributed by atoms with Gasteiger partial charge in [-0.05, 0) is 12.1 Å². The van der Waals surface area contributed by atoms with Gasteiger partial charge in [-0.25, -0.2) is 0 Å². The van der Waals surface area contributed by atoms with Gasteiger partial charge in [0, 0.05) is 5.46 Å². The highest BCUT2D eigenvalue weighted by atomic mass is 35.5. The molecule has 0 saturated carbocycles. The molecule has 0 atom stereocenters. The third kappa shape index (κ3) is 1.67. The summed E-state index contributed by atoms with van der Waals surface area (Å²) in [6, 6.07) is 2.61. The number of aromatic hydroxyl groups is 1. The van der Waals surface area contributed by atoms with Gasteiger partial charge >= 0.3 is 7.12 Å². The monoisotopic (exact) mass is 206 g/mol. The maximum atomic E-state index is 9.12. The molecule has 0 bridgehead atoms. The van der Waals surface area contributed by atoms with Crippen molar-refractivity contribution in [2.45, 2.75) is 0 Å². The van der Waals surface area contributed by atoms with Crippen LogP contribution in [-0.4, -0.2) is 22.3 Å². The summed E-state index contributed by atoms with van der Waals surface area (Å²) in [4.78, 5) is 0. The lowest BCUT2D eigenvalue weighted by Crippen LogP contribution is -2.31. The number of rotatable bonds is 1. The first-order chi connectivity index (χ1) is 5.54. The molecule has 1 aromatic rings. The van der Waals surface area contributed by atoms with Crippen LogP contribution in [0, 0.1) is 0 Å². The second-order valence-corrected chi connectivity index (χ2v) is 2.95. The van der Waals surface area contributed by atoms with Crippen LogP contribution in [0.25, 0.3) is 0 Å². The fourth-order valence-corrected chi connectivity index (χ4v) is 1.22. The summed E-state index contributed by atoms with van der Waals surface area (Å²) in [6.45, 7) is 0. The molecular formula is C6H5BCl2O3. The lowest BCUT2D eigenvalue weighted by Gasteiger charge is -2.06. The predicted molar refractivity (Wildman–Crippen MR) is 48.0 cm³/mol. The van der Waals surface area contributed by atoms with Crippen molar-refractivity contribution >= 4 is 35.8 Å². The highest BCUT2D eigenvalue weighted by Crippen LogP contribution is 2.23. The average molecular weight is 207 g/mol. The van der Waals surface area contributed by atoms with Gasteiger partial charge in [0.25, 0.3) is 0 Å². The fraction of sp³-hybridized carbons (Fsp3) is 0. The number of hydrogen-bond donors (Lipinski definition) is 3. The largest absolute Gasteiger partial charge is 0.508 e. The van der Waals surface area contributed by atoms with Gasteiger partial charge < -0.3 is 15.2 Å². The standard InChI is InChI=1S/C6H5BCl2O3/c8-3-1-2-4(10)5(6(3)9)7(11)12/h1-2,10-12H. The number of benzene rings is 1. The molecule has 0 fully saturated rings. The molecule has 0 aliphatic carbocycles. The topological polar surface area (TPSA) is 60.7 Å². The summed E-state index contributed by atoms with van der Waals surface area (Å²) in [5.41, 5.74) is -0.177. The molecule has 0 spiro atoms. The Labute approximate surface area is 79.3 Å². The Kier molecular flexibility index (Phi) is 2.85. The summed E-state index contributed by atoms with van der Waals surface area (Å²) in [5, 5.41) is 26.8. The van der Waals surface area contributed by atoms with Crippen LogP contribution in [0.3, 0.4) is 0 Å². The third-order valence-corrected chi connectivity index (χ3v) is 2.19. The van der Waals surface area contributed by atoms with Gasteiger partial charge in [-0.3, -0.25) is 0 Å². The van der Waals surface area contributed by atoms with Crippen LogP contribution in [0.15, 0.2) is 12.1 Å². The van der Waals surface area contributed by atoms with Crippen molar-refractivity contribution in [3.63, 3.8) is 0 Å². The van der Waals surface area contributed by atoms with Gasteiger partial charge in [0.1, 0.15) is 5.75 Å². The van der Waals surface area contributed by atoms with E-state index in [0.29, 0.717) is 0 Å². The van der Waals surface area contributed by atoms with E-state index in [2.05, 4.69) is 0 Å². The number of hydrogen-bond acceptors (Lipinski definition) is 3. The second kappa shape index (κ2) is 3.54. The van der Waals surface area contributed by atoms with Crippen molar-refractivity contribution in [3.05, 3.63) is 22.2 Å². The first kappa shape index (κ1) is 9.67. The van der Waals surface area contributed by atoms with Crippen molar-refractivity contribution < 1.29 is 15.2 Å². The minimum Gasteiger partial charge on any atom is -0.508 e. The molecule has 0 aliphatic rings. The molecule has 3 nitrogen and oxygen atoms in total. The van der Waals surface area contributed by atoms with Gasteiger partial charge in [-0.2, -0.15) is 0 Å². The summed E-state index contributed by atoms with van der Waals surface area (Å²) >= 11 is 11.1. The van der Waals surface area contributed by atoms with Crippen molar-refractivity contribution in [2.75, 3.05) is 0 Å². The molecule has 1 rings (SSSR count). The van der Waals surface area contributed by atoms with Crippen molar-refractivity contribution in [3.8, 4) is 5.75 Å². The number of phenols is 1. The highest BCUT2D eigenvalue weighted by molar-refractivity contribution is 6.65. The van der Waals surface area contributed by atoms with E-state index in [1.807, 2.05) is 0 Å². The van der Waals surface area contributed by atoms with E-state index in [1.54, 1.807) is 0 Å². The Morgan fingerprint density at radius 1 is 1.17 bits per heavy atom. The molecule has 3 N–H and O–H groups in total. The first-order valence-corrected chi connectivity index (χ1v) is 3.82. The minimum atomic E-state index is -1.82. The lowest BCUT2D eigenvalue weighted by atomic mass is 9.79. The van der Waals surface area contributed by atoms with Crippen LogP contribution in [0.2, 0.25) is 10.0 Å². The molecule has 0 amide bonds. The summed E-state index contributed by atoms with van der Waals surface area (Å²) in [6.07, 6.45) is 0. The van der Waals surface area contributed by atoms with Crippen LogP contribution >= 0.6 is 23.2 Å². The van der Waals surface area contributed by atoms with E-state index >= 15 is 0 Å². The Bertz CT molecular complexity index is 303. The predicted octanol–water partition coefficient (Wildman–Crippen LogP) is 0.379. The summed E-state index contributed by atoms with van der Waals surface area (Å²) in [7, 11) is -1.82. The van der Waals surface area contributed by atoms with Gasteiger partial charge in [0.2, 0.25) is 0 Å². The smallest absolute Gasteiger partial charge is 0.493 e. The molecule has 64 valence electrons. The van der Waals surface area contributed by atoms with E-state index in [1.165, 1.54) is 12.1 Å². The lowest BCUT2D eigenvalue weighted by molar-refractivity contribution is 0.419. The molecule has 1 aromatic carbocycles. The maximum Gasteiger partial charge on any atom is 0.493 e. The zero-order valence-corrected chi connectivity index (χ0v) is 7.34.